The molecule has 2 fully saturated rings. The van der Waals surface area contributed by atoms with Crippen molar-refractivity contribution in [2.75, 3.05) is 26.2 Å². The highest BCUT2D eigenvalue weighted by Gasteiger charge is 2.32. The molecule has 0 radical (unpaired) electrons. The molecule has 0 saturated carbocycles. The lowest BCUT2D eigenvalue weighted by atomic mass is 9.92. The maximum atomic E-state index is 13.2. The highest BCUT2D eigenvalue weighted by molar-refractivity contribution is 5.95. The quantitative estimate of drug-likeness (QED) is 0.872. The summed E-state index contributed by atoms with van der Waals surface area (Å²) in [6, 6.07) is 12.5. The number of carbonyl (C=O) groups excluding carboxylic acids is 1. The fraction of sp³-hybridized carbons (Fsp3) is 0.500. The average Bonchev–Trinajstić information content (AvgIpc) is 3.15. The van der Waals surface area contributed by atoms with Gasteiger partial charge in [-0.05, 0) is 63.2 Å². The topological polar surface area (TPSA) is 37.3 Å². The molecule has 4 rings (SSSR count). The zero-order valence-electron chi connectivity index (χ0n) is 16.3. The van der Waals surface area contributed by atoms with Gasteiger partial charge in [-0.2, -0.15) is 0 Å². The first-order valence-electron chi connectivity index (χ1n) is 9.84. The molecule has 0 spiro atoms. The van der Waals surface area contributed by atoms with Gasteiger partial charge in [0.05, 0.1) is 5.56 Å². The Morgan fingerprint density at radius 3 is 2.33 bits per heavy atom. The van der Waals surface area contributed by atoms with E-state index in [1.54, 1.807) is 0 Å². The molecule has 3 heterocycles. The maximum absolute atomic E-state index is 13.2. The minimum atomic E-state index is 0. The Bertz CT molecular complexity index is 772. The van der Waals surface area contributed by atoms with Crippen LogP contribution >= 0.6 is 12.4 Å². The van der Waals surface area contributed by atoms with Gasteiger partial charge in [-0.15, -0.1) is 12.4 Å². The number of fused-ring (bicyclic) bond motifs is 1. The molecule has 2 aliphatic rings. The number of hydrogen-bond donors (Lipinski definition) is 1. The van der Waals surface area contributed by atoms with Gasteiger partial charge in [0.1, 0.15) is 0 Å². The number of rotatable bonds is 3. The molecule has 2 aliphatic heterocycles. The minimum absolute atomic E-state index is 0. The molecular weight excluding hydrogens is 358 g/mol. The van der Waals surface area contributed by atoms with E-state index in [1.165, 1.54) is 5.56 Å². The fourth-order valence-electron chi connectivity index (χ4n) is 4.62. The number of halogens is 1. The van der Waals surface area contributed by atoms with Crippen LogP contribution in [0.4, 0.5) is 0 Å². The molecule has 1 aromatic carbocycles. The summed E-state index contributed by atoms with van der Waals surface area (Å²) in [5, 5.41) is 3.50. The van der Waals surface area contributed by atoms with Crippen LogP contribution in [0.5, 0.6) is 0 Å². The highest BCUT2D eigenvalue weighted by Crippen LogP contribution is 2.28. The first-order chi connectivity index (χ1) is 12.6. The summed E-state index contributed by atoms with van der Waals surface area (Å²) in [6.45, 7) is 9.04. The lowest BCUT2D eigenvalue weighted by Crippen LogP contribution is -2.33. The molecule has 0 aliphatic carbocycles. The average molecular weight is 388 g/mol. The summed E-state index contributed by atoms with van der Waals surface area (Å²) in [4.78, 5) is 15.3. The van der Waals surface area contributed by atoms with Crippen molar-refractivity contribution >= 4 is 18.3 Å². The Hall–Kier alpha value is -1.78. The van der Waals surface area contributed by atoms with E-state index in [4.69, 9.17) is 0 Å². The van der Waals surface area contributed by atoms with Crippen LogP contribution in [0.2, 0.25) is 0 Å². The molecular formula is C22H30ClN3O. The van der Waals surface area contributed by atoms with Crippen LogP contribution in [0.15, 0.2) is 36.4 Å². The van der Waals surface area contributed by atoms with Crippen molar-refractivity contribution in [1.82, 2.24) is 14.8 Å². The Labute approximate surface area is 168 Å². The Morgan fingerprint density at radius 1 is 1.07 bits per heavy atom. The van der Waals surface area contributed by atoms with E-state index in [9.17, 15) is 4.79 Å². The lowest BCUT2D eigenvalue weighted by molar-refractivity contribution is 0.0757. The van der Waals surface area contributed by atoms with Crippen LogP contribution < -0.4 is 5.32 Å². The van der Waals surface area contributed by atoms with Gasteiger partial charge in [0.15, 0.2) is 0 Å². The highest BCUT2D eigenvalue weighted by atomic mass is 35.5. The third kappa shape index (κ3) is 4.07. The Balaban J connectivity index is 0.00000210. The molecule has 0 unspecified atom stereocenters. The Kier molecular flexibility index (Phi) is 6.28. The summed E-state index contributed by atoms with van der Waals surface area (Å²) < 4.78 is 2.26. The summed E-state index contributed by atoms with van der Waals surface area (Å²) in [5.41, 5.74) is 4.39. The number of carbonyl (C=O) groups is 1. The summed E-state index contributed by atoms with van der Waals surface area (Å²) in [6.07, 6.45) is 2.26. The third-order valence-electron chi connectivity index (χ3n) is 6.29. The van der Waals surface area contributed by atoms with Crippen molar-refractivity contribution in [1.29, 1.82) is 0 Å². The molecule has 146 valence electrons. The van der Waals surface area contributed by atoms with Crippen LogP contribution in [-0.4, -0.2) is 41.6 Å². The Morgan fingerprint density at radius 2 is 1.70 bits per heavy atom. The first-order valence-corrected chi connectivity index (χ1v) is 9.84. The number of hydrogen-bond acceptors (Lipinski definition) is 2. The van der Waals surface area contributed by atoms with Crippen molar-refractivity contribution in [3.63, 3.8) is 0 Å². The second-order valence-electron chi connectivity index (χ2n) is 7.90. The van der Waals surface area contributed by atoms with Crippen LogP contribution in [-0.2, 0) is 6.54 Å². The summed E-state index contributed by atoms with van der Waals surface area (Å²) in [5.74, 6) is 1.71. The predicted molar refractivity (Wildman–Crippen MR) is 112 cm³/mol. The number of amides is 1. The van der Waals surface area contributed by atoms with Gasteiger partial charge in [-0.25, -0.2) is 0 Å². The lowest BCUT2D eigenvalue weighted by Gasteiger charge is -2.21. The zero-order valence-corrected chi connectivity index (χ0v) is 17.1. The van der Waals surface area contributed by atoms with Crippen molar-refractivity contribution in [2.45, 2.75) is 33.2 Å². The van der Waals surface area contributed by atoms with Gasteiger partial charge < -0.3 is 14.8 Å². The van der Waals surface area contributed by atoms with E-state index >= 15 is 0 Å². The number of aryl methyl sites for hydroxylation is 1. The van der Waals surface area contributed by atoms with Crippen LogP contribution in [0.3, 0.4) is 0 Å². The largest absolute Gasteiger partial charge is 0.344 e. The maximum Gasteiger partial charge on any atom is 0.255 e. The fourth-order valence-corrected chi connectivity index (χ4v) is 4.62. The van der Waals surface area contributed by atoms with Crippen molar-refractivity contribution in [3.8, 4) is 0 Å². The molecule has 1 aromatic heterocycles. The number of likely N-dealkylation sites (tertiary alicyclic amines) is 1. The molecule has 4 nitrogen and oxygen atoms in total. The molecule has 1 amide bonds. The molecule has 27 heavy (non-hydrogen) atoms. The number of nitrogens with zero attached hydrogens (tertiary/aromatic N) is 2. The zero-order chi connectivity index (χ0) is 18.1. The van der Waals surface area contributed by atoms with E-state index in [1.807, 2.05) is 6.07 Å². The van der Waals surface area contributed by atoms with Crippen LogP contribution in [0.25, 0.3) is 0 Å². The molecule has 2 aromatic rings. The van der Waals surface area contributed by atoms with Gasteiger partial charge in [0, 0.05) is 31.0 Å². The van der Waals surface area contributed by atoms with Crippen molar-refractivity contribution in [2.24, 2.45) is 11.8 Å². The number of benzene rings is 1. The van der Waals surface area contributed by atoms with Gasteiger partial charge in [0.25, 0.3) is 5.91 Å². The van der Waals surface area contributed by atoms with E-state index < -0.39 is 0 Å². The number of nitrogens with one attached hydrogen (secondary N) is 1. The third-order valence-corrected chi connectivity index (χ3v) is 6.29. The van der Waals surface area contributed by atoms with Gasteiger partial charge >= 0.3 is 0 Å². The van der Waals surface area contributed by atoms with Gasteiger partial charge in [-0.1, -0.05) is 30.3 Å². The molecule has 2 saturated heterocycles. The smallest absolute Gasteiger partial charge is 0.255 e. The summed E-state index contributed by atoms with van der Waals surface area (Å²) in [7, 11) is 0. The number of aromatic nitrogens is 1. The molecule has 2 atom stereocenters. The molecule has 0 bridgehead atoms. The van der Waals surface area contributed by atoms with Gasteiger partial charge in [-0.3, -0.25) is 4.79 Å². The first kappa shape index (κ1) is 20.0. The predicted octanol–water partition coefficient (Wildman–Crippen LogP) is 3.65. The van der Waals surface area contributed by atoms with E-state index in [0.717, 1.165) is 74.4 Å². The van der Waals surface area contributed by atoms with Crippen molar-refractivity contribution < 1.29 is 4.79 Å². The molecule has 5 heteroatoms. The second kappa shape index (κ2) is 8.49. The SMILES string of the molecule is Cc1cc(C(=O)N2CC[C@@H]3CNC[C@@H]3CC2)c(C)n1Cc1ccccc1.Cl. The van der Waals surface area contributed by atoms with E-state index in [0.29, 0.717) is 0 Å². The van der Waals surface area contributed by atoms with Crippen LogP contribution in [0, 0.1) is 25.7 Å². The molecule has 1 N–H and O–H groups in total. The van der Waals surface area contributed by atoms with E-state index in [-0.39, 0.29) is 18.3 Å². The minimum Gasteiger partial charge on any atom is -0.344 e. The summed E-state index contributed by atoms with van der Waals surface area (Å²) >= 11 is 0. The van der Waals surface area contributed by atoms with Gasteiger partial charge in [0.2, 0.25) is 0 Å². The second-order valence-corrected chi connectivity index (χ2v) is 7.90. The van der Waals surface area contributed by atoms with Crippen LogP contribution in [0.1, 0.15) is 40.2 Å². The monoisotopic (exact) mass is 387 g/mol. The standard InChI is InChI=1S/C22H29N3O.ClH/c1-16-12-21(17(2)25(16)15-18-6-4-3-5-7-18)22(26)24-10-8-19-13-23-14-20(19)9-11-24;/h3-7,12,19-20,23H,8-11,13-15H2,1-2H3;1H/t19-,20+;. The van der Waals surface area contributed by atoms with Crippen molar-refractivity contribution in [3.05, 3.63) is 58.9 Å². The van der Waals surface area contributed by atoms with E-state index in [2.05, 4.69) is 59.0 Å². The normalized spacial score (nSPS) is 22.1.